The number of hydrogen-bond donors (Lipinski definition) is 1. The summed E-state index contributed by atoms with van der Waals surface area (Å²) in [5.74, 6) is -0.106. The summed E-state index contributed by atoms with van der Waals surface area (Å²) < 4.78 is 5.17. The Labute approximate surface area is 137 Å². The fourth-order valence-corrected chi connectivity index (χ4v) is 2.44. The van der Waals surface area contributed by atoms with Crippen LogP contribution in [-0.2, 0) is 0 Å². The number of rotatable bonds is 3. The highest BCUT2D eigenvalue weighted by Gasteiger charge is 2.15. The van der Waals surface area contributed by atoms with E-state index >= 15 is 0 Å². The Morgan fingerprint density at radius 3 is 2.67 bits per heavy atom. The van der Waals surface area contributed by atoms with Gasteiger partial charge in [-0.3, -0.25) is 20.1 Å². The second-order valence-electron chi connectivity index (χ2n) is 5.13. The lowest BCUT2D eigenvalue weighted by Crippen LogP contribution is -2.13. The molecule has 6 heteroatoms. The van der Waals surface area contributed by atoms with E-state index in [9.17, 15) is 4.79 Å². The van der Waals surface area contributed by atoms with Crippen molar-refractivity contribution in [2.75, 3.05) is 5.32 Å². The van der Waals surface area contributed by atoms with Crippen LogP contribution in [0.25, 0.3) is 22.2 Å². The molecule has 0 bridgehead atoms. The van der Waals surface area contributed by atoms with Crippen molar-refractivity contribution in [1.29, 1.82) is 0 Å². The number of aromatic nitrogens is 3. The maximum Gasteiger partial charge on any atom is 0.277 e. The van der Waals surface area contributed by atoms with Gasteiger partial charge in [0.2, 0.25) is 5.88 Å². The van der Waals surface area contributed by atoms with Gasteiger partial charge in [-0.25, -0.2) is 0 Å². The number of amides is 1. The summed E-state index contributed by atoms with van der Waals surface area (Å²) in [5, 5.41) is 8.33. The number of hydrogen-bond acceptors (Lipinski definition) is 5. The van der Waals surface area contributed by atoms with Crippen LogP contribution >= 0.6 is 0 Å². The second-order valence-corrected chi connectivity index (χ2v) is 5.13. The molecule has 0 aliphatic heterocycles. The fraction of sp³-hybridized carbons (Fsp3) is 0. The number of carbonyl (C=O) groups excluding carboxylic acids is 1. The number of fused-ring (bicyclic) bond motifs is 1. The van der Waals surface area contributed by atoms with Crippen LogP contribution in [0.3, 0.4) is 0 Å². The summed E-state index contributed by atoms with van der Waals surface area (Å²) in [7, 11) is 0. The Hall–Kier alpha value is -3.54. The van der Waals surface area contributed by atoms with E-state index in [1.165, 1.54) is 0 Å². The molecule has 0 fully saturated rings. The van der Waals surface area contributed by atoms with Gasteiger partial charge >= 0.3 is 0 Å². The maximum absolute atomic E-state index is 12.5. The molecular weight excluding hydrogens is 304 g/mol. The predicted molar refractivity (Wildman–Crippen MR) is 89.4 cm³/mol. The fourth-order valence-electron chi connectivity index (χ4n) is 2.44. The van der Waals surface area contributed by atoms with Gasteiger partial charge in [0.25, 0.3) is 5.91 Å². The quantitative estimate of drug-likeness (QED) is 0.625. The highest BCUT2D eigenvalue weighted by molar-refractivity contribution is 6.10. The first-order valence-electron chi connectivity index (χ1n) is 7.34. The first kappa shape index (κ1) is 14.1. The van der Waals surface area contributed by atoms with E-state index in [0.29, 0.717) is 17.1 Å². The summed E-state index contributed by atoms with van der Waals surface area (Å²) in [6.07, 6.45) is 3.28. The van der Waals surface area contributed by atoms with Crippen LogP contribution in [0, 0.1) is 0 Å². The van der Waals surface area contributed by atoms with Gasteiger partial charge in [-0.05, 0) is 23.6 Å². The molecule has 116 valence electrons. The average Bonchev–Trinajstić information content (AvgIpc) is 3.10. The summed E-state index contributed by atoms with van der Waals surface area (Å²) in [6.45, 7) is 0. The summed E-state index contributed by atoms with van der Waals surface area (Å²) in [4.78, 5) is 20.9. The normalized spacial score (nSPS) is 10.7. The average molecular weight is 316 g/mol. The topological polar surface area (TPSA) is 80.9 Å². The van der Waals surface area contributed by atoms with E-state index < -0.39 is 0 Å². The number of anilines is 1. The van der Waals surface area contributed by atoms with E-state index in [4.69, 9.17) is 4.52 Å². The molecule has 0 atom stereocenters. The van der Waals surface area contributed by atoms with Crippen LogP contribution in [0.2, 0.25) is 0 Å². The zero-order valence-corrected chi connectivity index (χ0v) is 12.5. The standard InChI is InChI=1S/C18H12N4O2/c23-18(17-13-6-2-1-5-12(13)8-10-20-17)21-16-11-15(22-24-16)14-7-3-4-9-19-14/h1-11H,(H,21,23). The van der Waals surface area contributed by atoms with Gasteiger partial charge in [-0.2, -0.15) is 0 Å². The van der Waals surface area contributed by atoms with Gasteiger partial charge in [0, 0.05) is 23.8 Å². The van der Waals surface area contributed by atoms with E-state index in [2.05, 4.69) is 20.4 Å². The van der Waals surface area contributed by atoms with Crippen molar-refractivity contribution >= 4 is 22.6 Å². The summed E-state index contributed by atoms with van der Waals surface area (Å²) in [5.41, 5.74) is 1.56. The zero-order chi connectivity index (χ0) is 16.4. The van der Waals surface area contributed by atoms with E-state index in [1.807, 2.05) is 48.5 Å². The number of pyridine rings is 2. The number of benzene rings is 1. The first-order valence-corrected chi connectivity index (χ1v) is 7.34. The van der Waals surface area contributed by atoms with Gasteiger partial charge in [0.15, 0.2) is 0 Å². The van der Waals surface area contributed by atoms with Crippen molar-refractivity contribution in [3.8, 4) is 11.4 Å². The molecule has 24 heavy (non-hydrogen) atoms. The Balaban J connectivity index is 1.61. The molecule has 0 aliphatic rings. The summed E-state index contributed by atoms with van der Waals surface area (Å²) >= 11 is 0. The Bertz CT molecular complexity index is 1010. The van der Waals surface area contributed by atoms with Crippen molar-refractivity contribution in [3.05, 3.63) is 72.7 Å². The molecule has 3 aromatic heterocycles. The zero-order valence-electron chi connectivity index (χ0n) is 12.5. The van der Waals surface area contributed by atoms with E-state index in [-0.39, 0.29) is 11.8 Å². The molecular formula is C18H12N4O2. The molecule has 6 nitrogen and oxygen atoms in total. The Morgan fingerprint density at radius 1 is 0.917 bits per heavy atom. The highest BCUT2D eigenvalue weighted by Crippen LogP contribution is 2.21. The first-order chi connectivity index (χ1) is 11.8. The molecule has 0 aliphatic carbocycles. The minimum Gasteiger partial charge on any atom is -0.338 e. The maximum atomic E-state index is 12.5. The third-order valence-electron chi connectivity index (χ3n) is 3.56. The molecule has 4 aromatic rings. The van der Waals surface area contributed by atoms with Crippen LogP contribution in [0.1, 0.15) is 10.5 Å². The van der Waals surface area contributed by atoms with Crippen LogP contribution < -0.4 is 5.32 Å². The molecule has 0 spiro atoms. The lowest BCUT2D eigenvalue weighted by atomic mass is 10.1. The van der Waals surface area contributed by atoms with Crippen molar-refractivity contribution in [2.24, 2.45) is 0 Å². The van der Waals surface area contributed by atoms with Crippen molar-refractivity contribution in [3.63, 3.8) is 0 Å². The molecule has 0 unspecified atom stereocenters. The molecule has 0 saturated heterocycles. The predicted octanol–water partition coefficient (Wildman–Crippen LogP) is 3.54. The third kappa shape index (κ3) is 2.61. The lowest BCUT2D eigenvalue weighted by Gasteiger charge is -2.04. The molecule has 1 aromatic carbocycles. The molecule has 3 heterocycles. The molecule has 0 radical (unpaired) electrons. The monoisotopic (exact) mass is 316 g/mol. The van der Waals surface area contributed by atoms with Gasteiger partial charge in [-0.15, -0.1) is 0 Å². The molecule has 1 N–H and O–H groups in total. The minimum absolute atomic E-state index is 0.246. The van der Waals surface area contributed by atoms with Crippen molar-refractivity contribution < 1.29 is 9.32 Å². The van der Waals surface area contributed by atoms with Gasteiger partial charge in [-0.1, -0.05) is 35.5 Å². The van der Waals surface area contributed by atoms with Gasteiger partial charge in [0.05, 0.1) is 5.69 Å². The summed E-state index contributed by atoms with van der Waals surface area (Å²) in [6, 6.07) is 16.6. The highest BCUT2D eigenvalue weighted by atomic mass is 16.5. The smallest absolute Gasteiger partial charge is 0.277 e. The molecule has 0 saturated carbocycles. The van der Waals surface area contributed by atoms with Crippen LogP contribution in [0.15, 0.2) is 71.5 Å². The van der Waals surface area contributed by atoms with Crippen molar-refractivity contribution in [2.45, 2.75) is 0 Å². The lowest BCUT2D eigenvalue weighted by molar-refractivity contribution is 0.102. The third-order valence-corrected chi connectivity index (χ3v) is 3.56. The van der Waals surface area contributed by atoms with Crippen LogP contribution in [0.5, 0.6) is 0 Å². The number of carbonyl (C=O) groups is 1. The second kappa shape index (κ2) is 5.92. The van der Waals surface area contributed by atoms with E-state index in [1.54, 1.807) is 18.5 Å². The van der Waals surface area contributed by atoms with E-state index in [0.717, 1.165) is 10.8 Å². The largest absolute Gasteiger partial charge is 0.338 e. The number of nitrogens with zero attached hydrogens (tertiary/aromatic N) is 3. The Morgan fingerprint density at radius 2 is 1.79 bits per heavy atom. The van der Waals surface area contributed by atoms with Crippen LogP contribution in [-0.4, -0.2) is 21.0 Å². The number of nitrogens with one attached hydrogen (secondary N) is 1. The van der Waals surface area contributed by atoms with Gasteiger partial charge < -0.3 is 4.52 Å². The SMILES string of the molecule is O=C(Nc1cc(-c2ccccn2)no1)c1nccc2ccccc12. The minimum atomic E-state index is -0.351. The van der Waals surface area contributed by atoms with Gasteiger partial charge in [0.1, 0.15) is 11.4 Å². The Kier molecular flexibility index (Phi) is 3.47. The van der Waals surface area contributed by atoms with Crippen molar-refractivity contribution in [1.82, 2.24) is 15.1 Å². The van der Waals surface area contributed by atoms with Crippen LogP contribution in [0.4, 0.5) is 5.88 Å². The molecule has 1 amide bonds. The molecule has 4 rings (SSSR count).